The summed E-state index contributed by atoms with van der Waals surface area (Å²) in [7, 11) is 1.56. The maximum atomic E-state index is 10.2. The minimum absolute atomic E-state index is 0.0597. The highest BCUT2D eigenvalue weighted by Crippen LogP contribution is 2.28. The van der Waals surface area contributed by atoms with Gasteiger partial charge >= 0.3 is 0 Å². The van der Waals surface area contributed by atoms with Gasteiger partial charge < -0.3 is 25.0 Å². The third-order valence-electron chi connectivity index (χ3n) is 3.52. The number of hydrogen-bond acceptors (Lipinski definition) is 5. The third kappa shape index (κ3) is 3.37. The first kappa shape index (κ1) is 14.1. The molecule has 5 heteroatoms. The zero-order valence-corrected chi connectivity index (χ0v) is 11.3. The summed E-state index contributed by atoms with van der Waals surface area (Å²) in [5, 5.41) is 23.3. The lowest BCUT2D eigenvalue weighted by Crippen LogP contribution is -2.41. The third-order valence-corrected chi connectivity index (χ3v) is 3.52. The lowest BCUT2D eigenvalue weighted by atomic mass is 10.0. The molecule has 0 radical (unpaired) electrons. The molecule has 1 aromatic rings. The second kappa shape index (κ2) is 5.77. The van der Waals surface area contributed by atoms with E-state index in [4.69, 9.17) is 9.47 Å². The fraction of sp³-hybridized carbons (Fsp3) is 0.571. The Morgan fingerprint density at radius 2 is 2.32 bits per heavy atom. The largest absolute Gasteiger partial charge is 0.507 e. The Labute approximate surface area is 113 Å². The van der Waals surface area contributed by atoms with Crippen LogP contribution in [0.3, 0.4) is 0 Å². The van der Waals surface area contributed by atoms with Crippen LogP contribution in [0.15, 0.2) is 18.2 Å². The maximum absolute atomic E-state index is 10.2. The number of hydrogen-bond donors (Lipinski definition) is 3. The van der Waals surface area contributed by atoms with Crippen LogP contribution in [-0.2, 0) is 4.74 Å². The smallest absolute Gasteiger partial charge is 0.124 e. The molecule has 3 N–H and O–H groups in total. The Bertz CT molecular complexity index is 429. The van der Waals surface area contributed by atoms with Gasteiger partial charge in [0.05, 0.1) is 13.7 Å². The van der Waals surface area contributed by atoms with Crippen LogP contribution < -0.4 is 10.1 Å². The molecular formula is C14H21NO4. The Balaban J connectivity index is 1.97. The van der Waals surface area contributed by atoms with E-state index in [0.717, 1.165) is 5.56 Å². The van der Waals surface area contributed by atoms with Gasteiger partial charge in [-0.2, -0.15) is 0 Å². The molecule has 0 spiro atoms. The summed E-state index contributed by atoms with van der Waals surface area (Å²) in [6.45, 7) is 3.35. The second-order valence-corrected chi connectivity index (χ2v) is 5.05. The van der Waals surface area contributed by atoms with Gasteiger partial charge in [-0.3, -0.25) is 0 Å². The molecule has 1 heterocycles. The summed E-state index contributed by atoms with van der Waals surface area (Å²) in [5.41, 5.74) is -0.0144. The predicted molar refractivity (Wildman–Crippen MR) is 71.5 cm³/mol. The molecule has 1 aliphatic rings. The average Bonchev–Trinajstić information content (AvgIpc) is 2.83. The van der Waals surface area contributed by atoms with Gasteiger partial charge in [0, 0.05) is 37.2 Å². The second-order valence-electron chi connectivity index (χ2n) is 5.05. The standard InChI is InChI=1S/C14H21NO4/c1-10(15-8-14(17)5-6-19-9-14)12-4-3-11(18-2)7-13(12)16/h3-4,7,10,15-17H,5-6,8-9H2,1-2H3. The molecule has 0 saturated carbocycles. The summed E-state index contributed by atoms with van der Waals surface area (Å²) in [6.07, 6.45) is 0.640. The summed E-state index contributed by atoms with van der Waals surface area (Å²) in [5.74, 6) is 0.810. The summed E-state index contributed by atoms with van der Waals surface area (Å²) >= 11 is 0. The van der Waals surface area contributed by atoms with Crippen LogP contribution in [0.25, 0.3) is 0 Å². The molecule has 0 bridgehead atoms. The van der Waals surface area contributed by atoms with Crippen molar-refractivity contribution >= 4 is 0 Å². The van der Waals surface area contributed by atoms with Crippen LogP contribution >= 0.6 is 0 Å². The molecule has 2 atom stereocenters. The van der Waals surface area contributed by atoms with Crippen LogP contribution in [0.4, 0.5) is 0 Å². The molecule has 106 valence electrons. The van der Waals surface area contributed by atoms with Gasteiger partial charge in [0.15, 0.2) is 0 Å². The molecule has 0 aromatic heterocycles. The molecule has 2 rings (SSSR count). The number of nitrogens with one attached hydrogen (secondary N) is 1. The molecular weight excluding hydrogens is 246 g/mol. The van der Waals surface area contributed by atoms with Crippen LogP contribution in [0.2, 0.25) is 0 Å². The number of phenols is 1. The van der Waals surface area contributed by atoms with Gasteiger partial charge in [0.25, 0.3) is 0 Å². The summed E-state index contributed by atoms with van der Waals surface area (Å²) < 4.78 is 10.2. The Hall–Kier alpha value is -1.30. The number of methoxy groups -OCH3 is 1. The fourth-order valence-corrected chi connectivity index (χ4v) is 2.21. The van der Waals surface area contributed by atoms with Gasteiger partial charge in [-0.15, -0.1) is 0 Å². The molecule has 1 fully saturated rings. The van der Waals surface area contributed by atoms with E-state index in [-0.39, 0.29) is 11.8 Å². The highest BCUT2D eigenvalue weighted by Gasteiger charge is 2.32. The van der Waals surface area contributed by atoms with E-state index in [9.17, 15) is 10.2 Å². The first-order chi connectivity index (χ1) is 9.04. The van der Waals surface area contributed by atoms with Crippen LogP contribution in [0.5, 0.6) is 11.5 Å². The van der Waals surface area contributed by atoms with Crippen LogP contribution in [0.1, 0.15) is 24.9 Å². The van der Waals surface area contributed by atoms with Gasteiger partial charge in [-0.25, -0.2) is 0 Å². The monoisotopic (exact) mass is 267 g/mol. The van der Waals surface area contributed by atoms with Gasteiger partial charge in [-0.05, 0) is 13.0 Å². The molecule has 1 aliphatic heterocycles. The quantitative estimate of drug-likeness (QED) is 0.748. The van der Waals surface area contributed by atoms with Crippen LogP contribution in [-0.4, -0.2) is 42.7 Å². The fourth-order valence-electron chi connectivity index (χ4n) is 2.21. The van der Waals surface area contributed by atoms with Crippen LogP contribution in [0, 0.1) is 0 Å². The average molecular weight is 267 g/mol. The van der Waals surface area contributed by atoms with Gasteiger partial charge in [0.1, 0.15) is 17.1 Å². The molecule has 5 nitrogen and oxygen atoms in total. The van der Waals surface area contributed by atoms with Gasteiger partial charge in [-0.1, -0.05) is 6.07 Å². The first-order valence-electron chi connectivity index (χ1n) is 6.44. The minimum Gasteiger partial charge on any atom is -0.507 e. The van der Waals surface area contributed by atoms with Crippen molar-refractivity contribution in [1.29, 1.82) is 0 Å². The normalized spacial score (nSPS) is 24.4. The number of ether oxygens (including phenoxy) is 2. The zero-order chi connectivity index (χ0) is 13.9. The Kier molecular flexibility index (Phi) is 4.29. The zero-order valence-electron chi connectivity index (χ0n) is 11.3. The summed E-state index contributed by atoms with van der Waals surface area (Å²) in [4.78, 5) is 0. The molecule has 19 heavy (non-hydrogen) atoms. The Morgan fingerprint density at radius 3 is 2.89 bits per heavy atom. The van der Waals surface area contributed by atoms with Crippen molar-refractivity contribution < 1.29 is 19.7 Å². The number of phenolic OH excluding ortho intramolecular Hbond substituents is 1. The van der Waals surface area contributed by atoms with Crippen molar-refractivity contribution in [3.05, 3.63) is 23.8 Å². The Morgan fingerprint density at radius 1 is 1.53 bits per heavy atom. The molecule has 2 unspecified atom stereocenters. The van der Waals surface area contributed by atoms with Crippen molar-refractivity contribution in [3.63, 3.8) is 0 Å². The predicted octanol–water partition coefficient (Wildman–Crippen LogP) is 1.20. The highest BCUT2D eigenvalue weighted by atomic mass is 16.5. The van der Waals surface area contributed by atoms with E-state index in [1.807, 2.05) is 13.0 Å². The molecule has 1 aromatic carbocycles. The number of rotatable bonds is 5. The lowest BCUT2D eigenvalue weighted by Gasteiger charge is -2.24. The maximum Gasteiger partial charge on any atom is 0.124 e. The molecule has 0 aliphatic carbocycles. The van der Waals surface area contributed by atoms with E-state index in [1.165, 1.54) is 0 Å². The minimum atomic E-state index is -0.795. The van der Waals surface area contributed by atoms with E-state index < -0.39 is 5.60 Å². The van der Waals surface area contributed by atoms with Crippen molar-refractivity contribution in [1.82, 2.24) is 5.32 Å². The highest BCUT2D eigenvalue weighted by molar-refractivity contribution is 5.41. The van der Waals surface area contributed by atoms with E-state index in [0.29, 0.717) is 31.9 Å². The number of benzene rings is 1. The van der Waals surface area contributed by atoms with E-state index in [1.54, 1.807) is 19.2 Å². The lowest BCUT2D eigenvalue weighted by molar-refractivity contribution is 0.0251. The molecule has 0 amide bonds. The van der Waals surface area contributed by atoms with Crippen molar-refractivity contribution in [2.45, 2.75) is 25.0 Å². The first-order valence-corrected chi connectivity index (χ1v) is 6.44. The molecule has 1 saturated heterocycles. The number of aliphatic hydroxyl groups is 1. The summed E-state index contributed by atoms with van der Waals surface area (Å²) in [6, 6.07) is 5.15. The van der Waals surface area contributed by atoms with Crippen molar-refractivity contribution in [2.24, 2.45) is 0 Å². The SMILES string of the molecule is COc1ccc(C(C)NCC2(O)CCOC2)c(O)c1. The number of aromatic hydroxyl groups is 1. The van der Waals surface area contributed by atoms with Crippen molar-refractivity contribution in [3.8, 4) is 11.5 Å². The van der Waals surface area contributed by atoms with Crippen molar-refractivity contribution in [2.75, 3.05) is 26.9 Å². The van der Waals surface area contributed by atoms with Gasteiger partial charge in [0.2, 0.25) is 0 Å². The van der Waals surface area contributed by atoms with E-state index in [2.05, 4.69) is 5.32 Å². The van der Waals surface area contributed by atoms with E-state index >= 15 is 0 Å². The topological polar surface area (TPSA) is 71.0 Å².